The summed E-state index contributed by atoms with van der Waals surface area (Å²) < 4.78 is 1.16. The van der Waals surface area contributed by atoms with Crippen LogP contribution in [0.5, 0.6) is 0 Å². The van der Waals surface area contributed by atoms with Gasteiger partial charge in [-0.3, -0.25) is 0 Å². The summed E-state index contributed by atoms with van der Waals surface area (Å²) in [6.07, 6.45) is 1.02. The topological polar surface area (TPSA) is 12.0 Å². The van der Waals surface area contributed by atoms with E-state index >= 15 is 0 Å². The van der Waals surface area contributed by atoms with E-state index < -0.39 is 0 Å². The Labute approximate surface area is 144 Å². The Bertz CT molecular complexity index is 567. The second kappa shape index (κ2) is 8.33. The van der Waals surface area contributed by atoms with Crippen molar-refractivity contribution in [1.82, 2.24) is 5.32 Å². The van der Waals surface area contributed by atoms with Crippen LogP contribution in [0, 0.1) is 5.92 Å². The van der Waals surface area contributed by atoms with Crippen LogP contribution in [0.15, 0.2) is 40.2 Å². The normalized spacial score (nSPS) is 12.8. The van der Waals surface area contributed by atoms with Crippen molar-refractivity contribution in [3.05, 3.63) is 55.6 Å². The summed E-state index contributed by atoms with van der Waals surface area (Å²) >= 11 is 11.7. The second-order valence-corrected chi connectivity index (χ2v) is 8.02. The Morgan fingerprint density at radius 2 is 2.00 bits per heavy atom. The fraction of sp³-hybridized carbons (Fsp3) is 0.412. The van der Waals surface area contributed by atoms with E-state index in [0.29, 0.717) is 11.8 Å². The monoisotopic (exact) mass is 385 g/mol. The molecular formula is C17H21BrClNS. The van der Waals surface area contributed by atoms with Gasteiger partial charge in [0.05, 0.1) is 0 Å². The first-order valence-corrected chi connectivity index (χ1v) is 9.29. The summed E-state index contributed by atoms with van der Waals surface area (Å²) in [7, 11) is 0. The molecule has 1 nitrogen and oxygen atoms in total. The fourth-order valence-corrected chi connectivity index (χ4v) is 4.17. The first kappa shape index (κ1) is 17.0. The summed E-state index contributed by atoms with van der Waals surface area (Å²) in [4.78, 5) is 1.39. The minimum Gasteiger partial charge on any atom is -0.316 e. The van der Waals surface area contributed by atoms with E-state index in [2.05, 4.69) is 58.7 Å². The van der Waals surface area contributed by atoms with E-state index in [0.717, 1.165) is 29.0 Å². The Morgan fingerprint density at radius 1 is 1.24 bits per heavy atom. The van der Waals surface area contributed by atoms with E-state index in [1.54, 1.807) is 11.3 Å². The zero-order valence-corrected chi connectivity index (χ0v) is 15.6. The van der Waals surface area contributed by atoms with Crippen molar-refractivity contribution in [3.63, 3.8) is 0 Å². The van der Waals surface area contributed by atoms with Crippen molar-refractivity contribution < 1.29 is 0 Å². The molecule has 0 bridgehead atoms. The molecule has 0 amide bonds. The lowest BCUT2D eigenvalue weighted by atomic mass is 9.94. The Hall–Kier alpha value is -0.350. The molecule has 1 aromatic carbocycles. The summed E-state index contributed by atoms with van der Waals surface area (Å²) in [6.45, 7) is 6.45. The van der Waals surface area contributed by atoms with E-state index in [4.69, 9.17) is 11.6 Å². The zero-order chi connectivity index (χ0) is 15.2. The average molecular weight is 387 g/mol. The highest BCUT2D eigenvalue weighted by atomic mass is 79.9. The predicted octanol–water partition coefficient (Wildman–Crippen LogP) is 5.74. The summed E-state index contributed by atoms with van der Waals surface area (Å²) in [6, 6.07) is 10.4. The fourth-order valence-electron chi connectivity index (χ4n) is 2.35. The van der Waals surface area contributed by atoms with Crippen LogP contribution < -0.4 is 5.32 Å². The smallest absolute Gasteiger partial charge is 0.0441 e. The van der Waals surface area contributed by atoms with Gasteiger partial charge in [0, 0.05) is 32.2 Å². The lowest BCUT2D eigenvalue weighted by molar-refractivity contribution is 0.515. The van der Waals surface area contributed by atoms with Gasteiger partial charge >= 0.3 is 0 Å². The standard InChI is InChI=1S/C17H21BrClNS/c1-12(2)9-20-10-13(7-15-8-14(18)11-21-15)16-5-3-4-6-17(16)19/h3-6,8,11-13,20H,7,9-10H2,1-2H3. The molecule has 1 aromatic heterocycles. The van der Waals surface area contributed by atoms with Gasteiger partial charge in [-0.05, 0) is 52.5 Å². The maximum absolute atomic E-state index is 6.40. The highest BCUT2D eigenvalue weighted by molar-refractivity contribution is 9.10. The second-order valence-electron chi connectivity index (χ2n) is 5.71. The Kier molecular flexibility index (Phi) is 6.74. The van der Waals surface area contributed by atoms with Gasteiger partial charge in [-0.1, -0.05) is 43.6 Å². The van der Waals surface area contributed by atoms with Crippen LogP contribution in [0.2, 0.25) is 5.02 Å². The van der Waals surface area contributed by atoms with Gasteiger partial charge in [-0.15, -0.1) is 11.3 Å². The number of benzene rings is 1. The molecule has 0 fully saturated rings. The molecule has 2 aromatic rings. The number of hydrogen-bond donors (Lipinski definition) is 1. The molecule has 0 aliphatic rings. The molecule has 0 spiro atoms. The third-order valence-corrected chi connectivity index (χ3v) is 5.42. The molecule has 2 rings (SSSR count). The molecule has 0 saturated carbocycles. The number of thiophene rings is 1. The van der Waals surface area contributed by atoms with E-state index in [1.807, 2.05) is 12.1 Å². The third-order valence-electron chi connectivity index (χ3n) is 3.36. The van der Waals surface area contributed by atoms with Crippen molar-refractivity contribution in [1.29, 1.82) is 0 Å². The quantitative estimate of drug-likeness (QED) is 0.640. The lowest BCUT2D eigenvalue weighted by Crippen LogP contribution is -2.26. The molecule has 0 aliphatic carbocycles. The maximum Gasteiger partial charge on any atom is 0.0441 e. The summed E-state index contributed by atoms with van der Waals surface area (Å²) in [5, 5.41) is 6.58. The molecule has 4 heteroatoms. The number of hydrogen-bond acceptors (Lipinski definition) is 2. The Balaban J connectivity index is 2.12. The lowest BCUT2D eigenvalue weighted by Gasteiger charge is -2.19. The maximum atomic E-state index is 6.40. The molecule has 1 atom stereocenters. The van der Waals surface area contributed by atoms with Crippen molar-refractivity contribution in [2.45, 2.75) is 26.2 Å². The first-order chi connectivity index (χ1) is 10.1. The van der Waals surface area contributed by atoms with Crippen molar-refractivity contribution >= 4 is 38.9 Å². The van der Waals surface area contributed by atoms with Gasteiger partial charge in [0.15, 0.2) is 0 Å². The molecular weight excluding hydrogens is 366 g/mol. The van der Waals surface area contributed by atoms with Crippen LogP contribution in [-0.4, -0.2) is 13.1 Å². The number of rotatable bonds is 7. The van der Waals surface area contributed by atoms with Gasteiger partial charge in [0.1, 0.15) is 0 Å². The van der Waals surface area contributed by atoms with Gasteiger partial charge in [0.2, 0.25) is 0 Å². The third kappa shape index (κ3) is 5.41. The van der Waals surface area contributed by atoms with Crippen LogP contribution in [0.1, 0.15) is 30.2 Å². The van der Waals surface area contributed by atoms with Gasteiger partial charge in [-0.2, -0.15) is 0 Å². The zero-order valence-electron chi connectivity index (χ0n) is 12.4. The first-order valence-electron chi connectivity index (χ1n) is 7.24. The SMILES string of the molecule is CC(C)CNCC(Cc1cc(Br)cs1)c1ccccc1Cl. The number of nitrogens with one attached hydrogen (secondary N) is 1. The van der Waals surface area contributed by atoms with Crippen LogP contribution in [0.25, 0.3) is 0 Å². The molecule has 0 saturated heterocycles. The summed E-state index contributed by atoms with van der Waals surface area (Å²) in [5.74, 6) is 1.07. The van der Waals surface area contributed by atoms with Gasteiger partial charge in [-0.25, -0.2) is 0 Å². The van der Waals surface area contributed by atoms with Crippen LogP contribution in [-0.2, 0) is 6.42 Å². The molecule has 21 heavy (non-hydrogen) atoms. The minimum absolute atomic E-state index is 0.406. The van der Waals surface area contributed by atoms with E-state index in [9.17, 15) is 0 Å². The summed E-state index contributed by atoms with van der Waals surface area (Å²) in [5.41, 5.74) is 1.24. The number of halogens is 2. The van der Waals surface area contributed by atoms with Crippen LogP contribution in [0.3, 0.4) is 0 Å². The molecule has 1 N–H and O–H groups in total. The highest BCUT2D eigenvalue weighted by Gasteiger charge is 2.16. The predicted molar refractivity (Wildman–Crippen MR) is 97.6 cm³/mol. The van der Waals surface area contributed by atoms with Crippen LogP contribution >= 0.6 is 38.9 Å². The van der Waals surface area contributed by atoms with Crippen molar-refractivity contribution in [2.24, 2.45) is 5.92 Å². The molecule has 1 unspecified atom stereocenters. The van der Waals surface area contributed by atoms with E-state index in [-0.39, 0.29) is 0 Å². The highest BCUT2D eigenvalue weighted by Crippen LogP contribution is 2.30. The van der Waals surface area contributed by atoms with Gasteiger partial charge in [0.25, 0.3) is 0 Å². The largest absolute Gasteiger partial charge is 0.316 e. The van der Waals surface area contributed by atoms with Crippen molar-refractivity contribution in [3.8, 4) is 0 Å². The van der Waals surface area contributed by atoms with Crippen LogP contribution in [0.4, 0.5) is 0 Å². The minimum atomic E-state index is 0.406. The van der Waals surface area contributed by atoms with Gasteiger partial charge < -0.3 is 5.32 Å². The van der Waals surface area contributed by atoms with Crippen molar-refractivity contribution in [2.75, 3.05) is 13.1 Å². The molecule has 114 valence electrons. The average Bonchev–Trinajstić information content (AvgIpc) is 2.83. The molecule has 0 aliphatic heterocycles. The molecule has 1 heterocycles. The van der Waals surface area contributed by atoms with E-state index in [1.165, 1.54) is 10.4 Å². The Morgan fingerprint density at radius 3 is 2.62 bits per heavy atom. The molecule has 0 radical (unpaired) electrons.